The van der Waals surface area contributed by atoms with Crippen molar-refractivity contribution >= 4 is 30.8 Å². The highest BCUT2D eigenvalue weighted by molar-refractivity contribution is 6.82. The van der Waals surface area contributed by atoms with Crippen LogP contribution in [0.4, 0.5) is 5.95 Å². The summed E-state index contributed by atoms with van der Waals surface area (Å²) in [6.45, 7) is 33.8. The van der Waals surface area contributed by atoms with Crippen LogP contribution < -0.4 is 13.8 Å². The van der Waals surface area contributed by atoms with Crippen molar-refractivity contribution in [1.82, 2.24) is 9.97 Å². The zero-order chi connectivity index (χ0) is 24.0. The van der Waals surface area contributed by atoms with Crippen molar-refractivity contribution in [2.75, 3.05) is 4.98 Å². The summed E-state index contributed by atoms with van der Waals surface area (Å²) in [6, 6.07) is 1.89. The molecule has 30 heavy (non-hydrogen) atoms. The quantitative estimate of drug-likeness (QED) is 0.433. The SMILES string of the molecule is CC(C)(C)[Si](C)(C)Nc1nc(O[Si](C)(C)C(C)(C)C)cc(O[Si](C)(C)C(C)(C)C)n1. The van der Waals surface area contributed by atoms with Gasteiger partial charge in [0.25, 0.3) is 16.6 Å². The van der Waals surface area contributed by atoms with Gasteiger partial charge in [-0.05, 0) is 41.3 Å². The van der Waals surface area contributed by atoms with E-state index in [4.69, 9.17) is 18.8 Å². The average Bonchev–Trinajstić information content (AvgIpc) is 2.41. The molecule has 1 N–H and O–H groups in total. The third kappa shape index (κ3) is 6.56. The molecule has 0 aliphatic heterocycles. The molecule has 5 nitrogen and oxygen atoms in total. The summed E-state index contributed by atoms with van der Waals surface area (Å²) in [5, 5.41) is 0.337. The maximum absolute atomic E-state index is 6.55. The standard InChI is InChI=1S/C22H47N3O2Si3/c1-20(2,3)28(10,11)25-19-23-17(26-29(12,13)21(4,5)6)16-18(24-19)27-30(14,15)22(7,8)9/h16H,1-15H3,(H,23,24,25). The van der Waals surface area contributed by atoms with Gasteiger partial charge in [-0.15, -0.1) is 0 Å². The summed E-state index contributed by atoms with van der Waals surface area (Å²) in [5.41, 5.74) is 0. The van der Waals surface area contributed by atoms with Gasteiger partial charge in [0.15, 0.2) is 8.24 Å². The number of hydrogen-bond donors (Lipinski definition) is 1. The molecule has 0 aromatic carbocycles. The Hall–Kier alpha value is -0.869. The van der Waals surface area contributed by atoms with Crippen LogP contribution in [-0.4, -0.2) is 34.8 Å². The van der Waals surface area contributed by atoms with Gasteiger partial charge in [0.2, 0.25) is 17.7 Å². The van der Waals surface area contributed by atoms with Crippen LogP contribution in [0.25, 0.3) is 0 Å². The summed E-state index contributed by atoms with van der Waals surface area (Å²) in [5.74, 6) is 1.85. The molecule has 0 radical (unpaired) electrons. The lowest BCUT2D eigenvalue weighted by Gasteiger charge is -2.39. The smallest absolute Gasteiger partial charge is 0.252 e. The first-order valence-electron chi connectivity index (χ1n) is 11.0. The Kier molecular flexibility index (Phi) is 7.46. The van der Waals surface area contributed by atoms with E-state index >= 15 is 0 Å². The van der Waals surface area contributed by atoms with E-state index in [1.54, 1.807) is 0 Å². The van der Waals surface area contributed by atoms with Crippen molar-refractivity contribution < 1.29 is 8.85 Å². The van der Waals surface area contributed by atoms with E-state index in [1.165, 1.54) is 0 Å². The van der Waals surface area contributed by atoms with Gasteiger partial charge >= 0.3 is 0 Å². The fourth-order valence-electron chi connectivity index (χ4n) is 1.86. The Bertz CT molecular complexity index is 631. The van der Waals surface area contributed by atoms with Crippen molar-refractivity contribution in [2.24, 2.45) is 0 Å². The van der Waals surface area contributed by atoms with Gasteiger partial charge in [-0.2, -0.15) is 9.97 Å². The molecule has 0 aliphatic carbocycles. The zero-order valence-electron chi connectivity index (χ0n) is 22.3. The van der Waals surface area contributed by atoms with Crippen molar-refractivity contribution in [2.45, 2.75) is 117 Å². The summed E-state index contributed by atoms with van der Waals surface area (Å²) >= 11 is 0. The van der Waals surface area contributed by atoms with Crippen LogP contribution in [0.5, 0.6) is 11.8 Å². The maximum Gasteiger partial charge on any atom is 0.252 e. The normalized spacial score (nSPS) is 14.5. The van der Waals surface area contributed by atoms with E-state index in [0.717, 1.165) is 0 Å². The number of nitrogens with one attached hydrogen (secondary N) is 1. The third-order valence-electron chi connectivity index (χ3n) is 7.31. The Morgan fingerprint density at radius 1 is 0.633 bits per heavy atom. The molecule has 0 atom stereocenters. The second-order valence-corrected chi connectivity index (χ2v) is 27.5. The van der Waals surface area contributed by atoms with Gasteiger partial charge in [0, 0.05) is 0 Å². The number of nitrogens with zero attached hydrogens (tertiary/aromatic N) is 2. The van der Waals surface area contributed by atoms with Crippen LogP contribution in [0.1, 0.15) is 62.3 Å². The van der Waals surface area contributed by atoms with Crippen LogP contribution in [-0.2, 0) is 0 Å². The molecule has 0 fully saturated rings. The van der Waals surface area contributed by atoms with E-state index in [0.29, 0.717) is 17.7 Å². The van der Waals surface area contributed by atoms with Gasteiger partial charge in [-0.3, -0.25) is 0 Å². The van der Waals surface area contributed by atoms with E-state index < -0.39 is 24.9 Å². The van der Waals surface area contributed by atoms with E-state index in [1.807, 2.05) is 6.07 Å². The summed E-state index contributed by atoms with van der Waals surface area (Å²) < 4.78 is 13.1. The third-order valence-corrected chi connectivity index (χ3v) is 20.6. The van der Waals surface area contributed by atoms with Gasteiger partial charge in [0.1, 0.15) is 0 Å². The molecule has 1 heterocycles. The van der Waals surface area contributed by atoms with Gasteiger partial charge in [0.05, 0.1) is 6.07 Å². The number of anilines is 1. The van der Waals surface area contributed by atoms with Crippen LogP contribution in [0.3, 0.4) is 0 Å². The second-order valence-electron chi connectivity index (χ2n) is 13.1. The fourth-order valence-corrected chi connectivity index (χ4v) is 4.77. The van der Waals surface area contributed by atoms with Crippen LogP contribution in [0, 0.1) is 0 Å². The molecular weight excluding hydrogens is 423 g/mol. The van der Waals surface area contributed by atoms with Crippen molar-refractivity contribution in [3.8, 4) is 11.8 Å². The van der Waals surface area contributed by atoms with E-state index in [-0.39, 0.29) is 15.1 Å². The second kappa shape index (κ2) is 8.24. The summed E-state index contributed by atoms with van der Waals surface area (Å²) in [4.78, 5) is 13.2. The number of hydrogen-bond acceptors (Lipinski definition) is 5. The Labute approximate surface area is 189 Å². The first-order valence-corrected chi connectivity index (χ1v) is 19.9. The zero-order valence-corrected chi connectivity index (χ0v) is 25.3. The molecule has 0 bridgehead atoms. The van der Waals surface area contributed by atoms with Crippen molar-refractivity contribution in [1.29, 1.82) is 0 Å². The highest BCUT2D eigenvalue weighted by Gasteiger charge is 2.42. The van der Waals surface area contributed by atoms with Gasteiger partial charge < -0.3 is 13.8 Å². The lowest BCUT2D eigenvalue weighted by atomic mass is 10.2. The minimum absolute atomic E-state index is 0.0887. The predicted molar refractivity (Wildman–Crippen MR) is 139 cm³/mol. The minimum atomic E-state index is -2.03. The topological polar surface area (TPSA) is 56.3 Å². The molecule has 0 saturated heterocycles. The van der Waals surface area contributed by atoms with Crippen molar-refractivity contribution in [3.63, 3.8) is 0 Å². The Morgan fingerprint density at radius 3 is 1.23 bits per heavy atom. The van der Waals surface area contributed by atoms with Crippen molar-refractivity contribution in [3.05, 3.63) is 6.07 Å². The first-order chi connectivity index (χ1) is 13.0. The first kappa shape index (κ1) is 27.2. The molecule has 174 valence electrons. The fraction of sp³-hybridized carbons (Fsp3) is 0.818. The summed E-state index contributed by atoms with van der Waals surface area (Å²) in [6.07, 6.45) is 0. The average molecular weight is 470 g/mol. The highest BCUT2D eigenvalue weighted by atomic mass is 28.4. The molecule has 1 aromatic rings. The molecular formula is C22H47N3O2Si3. The van der Waals surface area contributed by atoms with E-state index in [2.05, 4.69) is 107 Å². The Morgan fingerprint density at radius 2 is 0.967 bits per heavy atom. The van der Waals surface area contributed by atoms with Crippen LogP contribution in [0.2, 0.25) is 54.4 Å². The highest BCUT2D eigenvalue weighted by Crippen LogP contribution is 2.41. The Balaban J connectivity index is 3.45. The molecule has 1 aromatic heterocycles. The molecule has 0 spiro atoms. The molecule has 0 aliphatic rings. The van der Waals surface area contributed by atoms with Crippen LogP contribution >= 0.6 is 0 Å². The lowest BCUT2D eigenvalue weighted by Crippen LogP contribution is -2.47. The van der Waals surface area contributed by atoms with Gasteiger partial charge in [-0.25, -0.2) is 0 Å². The summed E-state index contributed by atoms with van der Waals surface area (Å²) in [7, 11) is -5.91. The predicted octanol–water partition coefficient (Wildman–Crippen LogP) is 7.66. The van der Waals surface area contributed by atoms with Crippen LogP contribution in [0.15, 0.2) is 6.07 Å². The molecule has 8 heteroatoms. The maximum atomic E-state index is 6.55. The largest absolute Gasteiger partial charge is 0.530 e. The van der Waals surface area contributed by atoms with E-state index in [9.17, 15) is 0 Å². The lowest BCUT2D eigenvalue weighted by molar-refractivity contribution is 0.453. The minimum Gasteiger partial charge on any atom is -0.530 e. The number of aromatic nitrogens is 2. The molecule has 0 unspecified atom stereocenters. The molecule has 0 amide bonds. The monoisotopic (exact) mass is 469 g/mol. The number of rotatable bonds is 6. The molecule has 0 saturated carbocycles. The molecule has 1 rings (SSSR count). The van der Waals surface area contributed by atoms with Gasteiger partial charge in [-0.1, -0.05) is 75.4 Å².